The number of hydrogen-bond acceptors (Lipinski definition) is 1. The molecule has 0 saturated heterocycles. The van der Waals surface area contributed by atoms with Crippen LogP contribution in [0.1, 0.15) is 25.7 Å². The maximum absolute atomic E-state index is 10.6. The SMILES string of the molecule is O=C(CCl)CCC1CC1. The van der Waals surface area contributed by atoms with Crippen molar-refractivity contribution in [1.29, 1.82) is 0 Å². The Labute approximate surface area is 60.4 Å². The molecule has 1 fully saturated rings. The van der Waals surface area contributed by atoms with Crippen molar-refractivity contribution in [2.24, 2.45) is 5.92 Å². The van der Waals surface area contributed by atoms with Crippen LogP contribution in [0.2, 0.25) is 0 Å². The average Bonchev–Trinajstić information content (AvgIpc) is 2.65. The highest BCUT2D eigenvalue weighted by Crippen LogP contribution is 2.33. The minimum atomic E-state index is 0.198. The van der Waals surface area contributed by atoms with Gasteiger partial charge < -0.3 is 0 Å². The summed E-state index contributed by atoms with van der Waals surface area (Å²) in [7, 11) is 0. The average molecular weight is 147 g/mol. The molecule has 0 aliphatic heterocycles. The molecule has 0 bridgehead atoms. The number of carbonyl (C=O) groups is 1. The Morgan fingerprint density at radius 3 is 2.67 bits per heavy atom. The predicted molar refractivity (Wildman–Crippen MR) is 37.7 cm³/mol. The van der Waals surface area contributed by atoms with Crippen LogP contribution in [0.4, 0.5) is 0 Å². The zero-order valence-electron chi connectivity index (χ0n) is 5.40. The van der Waals surface area contributed by atoms with Crippen LogP contribution in [0.3, 0.4) is 0 Å². The lowest BCUT2D eigenvalue weighted by Crippen LogP contribution is -1.98. The second-order valence-corrected chi connectivity index (χ2v) is 2.92. The smallest absolute Gasteiger partial charge is 0.147 e. The molecule has 1 aliphatic carbocycles. The van der Waals surface area contributed by atoms with E-state index in [1.807, 2.05) is 0 Å². The molecule has 0 aromatic carbocycles. The maximum atomic E-state index is 10.6. The summed E-state index contributed by atoms with van der Waals surface area (Å²) in [6.45, 7) is 0. The second kappa shape index (κ2) is 3.21. The van der Waals surface area contributed by atoms with E-state index in [1.54, 1.807) is 0 Å². The topological polar surface area (TPSA) is 17.1 Å². The summed E-state index contributed by atoms with van der Waals surface area (Å²) in [6, 6.07) is 0. The monoisotopic (exact) mass is 146 g/mol. The Bertz CT molecular complexity index is 107. The third kappa shape index (κ3) is 2.85. The Balaban J connectivity index is 1.96. The molecule has 0 spiro atoms. The number of Topliss-reactive ketones (excluding diaryl/α,β-unsaturated/α-hetero) is 1. The van der Waals surface area contributed by atoms with Crippen LogP contribution in [0.25, 0.3) is 0 Å². The Hall–Kier alpha value is -0.0400. The normalized spacial score (nSPS) is 17.9. The third-order valence-electron chi connectivity index (χ3n) is 1.68. The molecule has 1 rings (SSSR count). The summed E-state index contributed by atoms with van der Waals surface area (Å²) >= 11 is 5.31. The predicted octanol–water partition coefficient (Wildman–Crippen LogP) is 1.98. The first-order valence-electron chi connectivity index (χ1n) is 3.40. The van der Waals surface area contributed by atoms with Crippen molar-refractivity contribution in [2.75, 3.05) is 5.88 Å². The first-order valence-corrected chi connectivity index (χ1v) is 3.94. The van der Waals surface area contributed by atoms with E-state index < -0.39 is 0 Å². The fourth-order valence-corrected chi connectivity index (χ4v) is 0.972. The fraction of sp³-hybridized carbons (Fsp3) is 0.857. The number of ketones is 1. The summed E-state index contributed by atoms with van der Waals surface area (Å²) in [5.41, 5.74) is 0. The van der Waals surface area contributed by atoms with Crippen molar-refractivity contribution in [3.63, 3.8) is 0 Å². The van der Waals surface area contributed by atoms with Gasteiger partial charge in [-0.2, -0.15) is 0 Å². The van der Waals surface area contributed by atoms with E-state index in [0.29, 0.717) is 6.42 Å². The minimum absolute atomic E-state index is 0.198. The number of carbonyl (C=O) groups excluding carboxylic acids is 1. The van der Waals surface area contributed by atoms with Gasteiger partial charge in [0.2, 0.25) is 0 Å². The Morgan fingerprint density at radius 1 is 1.56 bits per heavy atom. The molecule has 2 heteroatoms. The van der Waals surface area contributed by atoms with Crippen molar-refractivity contribution in [2.45, 2.75) is 25.7 Å². The lowest BCUT2D eigenvalue weighted by Gasteiger charge is -1.91. The molecular formula is C7H11ClO. The lowest BCUT2D eigenvalue weighted by molar-refractivity contribution is -0.116. The lowest BCUT2D eigenvalue weighted by atomic mass is 10.2. The highest BCUT2D eigenvalue weighted by molar-refractivity contribution is 6.27. The summed E-state index contributed by atoms with van der Waals surface area (Å²) in [4.78, 5) is 10.6. The van der Waals surface area contributed by atoms with Gasteiger partial charge in [-0.1, -0.05) is 12.8 Å². The van der Waals surface area contributed by atoms with Gasteiger partial charge in [0.25, 0.3) is 0 Å². The molecule has 0 N–H and O–H groups in total. The molecule has 1 aliphatic rings. The van der Waals surface area contributed by atoms with Crippen molar-refractivity contribution in [1.82, 2.24) is 0 Å². The van der Waals surface area contributed by atoms with Crippen LogP contribution in [0.15, 0.2) is 0 Å². The second-order valence-electron chi connectivity index (χ2n) is 2.65. The van der Waals surface area contributed by atoms with Crippen LogP contribution in [0, 0.1) is 5.92 Å². The zero-order valence-corrected chi connectivity index (χ0v) is 6.16. The van der Waals surface area contributed by atoms with E-state index in [9.17, 15) is 4.79 Å². The van der Waals surface area contributed by atoms with Crippen LogP contribution in [-0.4, -0.2) is 11.7 Å². The van der Waals surface area contributed by atoms with Crippen molar-refractivity contribution in [3.05, 3.63) is 0 Å². The summed E-state index contributed by atoms with van der Waals surface area (Å²) in [5.74, 6) is 1.26. The van der Waals surface area contributed by atoms with Crippen molar-refractivity contribution < 1.29 is 4.79 Å². The Morgan fingerprint density at radius 2 is 2.22 bits per heavy atom. The highest BCUT2D eigenvalue weighted by Gasteiger charge is 2.21. The van der Waals surface area contributed by atoms with Gasteiger partial charge in [-0.05, 0) is 12.3 Å². The van der Waals surface area contributed by atoms with Gasteiger partial charge in [-0.25, -0.2) is 0 Å². The first-order chi connectivity index (χ1) is 4.33. The molecule has 0 radical (unpaired) electrons. The maximum Gasteiger partial charge on any atom is 0.147 e. The van der Waals surface area contributed by atoms with Crippen molar-refractivity contribution >= 4 is 17.4 Å². The van der Waals surface area contributed by atoms with Gasteiger partial charge in [-0.15, -0.1) is 11.6 Å². The van der Waals surface area contributed by atoms with Gasteiger partial charge in [0, 0.05) is 6.42 Å². The molecule has 0 unspecified atom stereocenters. The first kappa shape index (κ1) is 7.07. The van der Waals surface area contributed by atoms with Gasteiger partial charge in [0.15, 0.2) is 0 Å². The number of rotatable bonds is 4. The third-order valence-corrected chi connectivity index (χ3v) is 1.98. The zero-order chi connectivity index (χ0) is 6.69. The number of halogens is 1. The van der Waals surface area contributed by atoms with E-state index in [-0.39, 0.29) is 11.7 Å². The van der Waals surface area contributed by atoms with Gasteiger partial charge in [0.1, 0.15) is 5.78 Å². The number of alkyl halides is 1. The Kier molecular flexibility index (Phi) is 2.52. The van der Waals surface area contributed by atoms with E-state index >= 15 is 0 Å². The highest BCUT2D eigenvalue weighted by atomic mass is 35.5. The quantitative estimate of drug-likeness (QED) is 0.555. The van der Waals surface area contributed by atoms with Crippen LogP contribution >= 0.6 is 11.6 Å². The van der Waals surface area contributed by atoms with Crippen LogP contribution in [-0.2, 0) is 4.79 Å². The molecule has 9 heavy (non-hydrogen) atoms. The van der Waals surface area contributed by atoms with Crippen LogP contribution < -0.4 is 0 Å². The largest absolute Gasteiger partial charge is 0.298 e. The fourth-order valence-electron chi connectivity index (χ4n) is 0.838. The van der Waals surface area contributed by atoms with E-state index in [4.69, 9.17) is 11.6 Å². The van der Waals surface area contributed by atoms with E-state index in [2.05, 4.69) is 0 Å². The summed E-state index contributed by atoms with van der Waals surface area (Å²) in [6.07, 6.45) is 4.44. The molecule has 1 saturated carbocycles. The molecular weight excluding hydrogens is 136 g/mol. The van der Waals surface area contributed by atoms with Gasteiger partial charge >= 0.3 is 0 Å². The van der Waals surface area contributed by atoms with E-state index in [1.165, 1.54) is 12.8 Å². The molecule has 1 nitrogen and oxygen atoms in total. The molecule has 0 amide bonds. The van der Waals surface area contributed by atoms with Crippen LogP contribution in [0.5, 0.6) is 0 Å². The molecule has 0 aromatic heterocycles. The molecule has 0 aromatic rings. The summed E-state index contributed by atoms with van der Waals surface area (Å²) < 4.78 is 0. The molecule has 52 valence electrons. The number of hydrogen-bond donors (Lipinski definition) is 0. The molecule has 0 atom stereocenters. The standard InChI is InChI=1S/C7H11ClO/c8-5-7(9)4-3-6-1-2-6/h6H,1-5H2. The van der Waals surface area contributed by atoms with Crippen molar-refractivity contribution in [3.8, 4) is 0 Å². The minimum Gasteiger partial charge on any atom is -0.298 e. The molecule has 0 heterocycles. The van der Waals surface area contributed by atoms with E-state index in [0.717, 1.165) is 12.3 Å². The van der Waals surface area contributed by atoms with Gasteiger partial charge in [-0.3, -0.25) is 4.79 Å². The summed E-state index contributed by atoms with van der Waals surface area (Å²) in [5, 5.41) is 0. The van der Waals surface area contributed by atoms with Gasteiger partial charge in [0.05, 0.1) is 5.88 Å².